The van der Waals surface area contributed by atoms with Crippen molar-refractivity contribution < 1.29 is 14.7 Å². The number of carbonyl (C=O) groups excluding carboxylic acids is 1. The zero-order chi connectivity index (χ0) is 16.4. The van der Waals surface area contributed by atoms with Crippen LogP contribution in [-0.4, -0.2) is 21.4 Å². The molecule has 0 saturated heterocycles. The Hall–Kier alpha value is -2.10. The summed E-state index contributed by atoms with van der Waals surface area (Å²) in [6, 6.07) is 5.10. The molecule has 1 aromatic heterocycles. The van der Waals surface area contributed by atoms with E-state index in [1.54, 1.807) is 0 Å². The predicted octanol–water partition coefficient (Wildman–Crippen LogP) is 4.37. The number of hydrogen-bond acceptors (Lipinski definition) is 2. The quantitative estimate of drug-likeness (QED) is 0.772. The average Bonchev–Trinajstić information content (AvgIpc) is 2.91. The molecular formula is C19H23NO3. The molecule has 1 aliphatic carbocycles. The molecule has 23 heavy (non-hydrogen) atoms. The van der Waals surface area contributed by atoms with Gasteiger partial charge in [0.2, 0.25) is 0 Å². The number of carbonyl (C=O) groups is 2. The topological polar surface area (TPSA) is 59.3 Å². The second-order valence-electron chi connectivity index (χ2n) is 6.39. The maximum Gasteiger partial charge on any atom is 0.326 e. The number of nitrogens with zero attached hydrogens (tertiary/aromatic N) is 1. The summed E-state index contributed by atoms with van der Waals surface area (Å²) >= 11 is 0. The van der Waals surface area contributed by atoms with Crippen LogP contribution in [0.2, 0.25) is 0 Å². The lowest BCUT2D eigenvalue weighted by molar-refractivity contribution is -0.141. The number of aryl methyl sites for hydroxylation is 1. The highest BCUT2D eigenvalue weighted by Gasteiger charge is 2.26. The number of carboxylic acids is 1. The normalized spacial score (nSPS) is 15.1. The van der Waals surface area contributed by atoms with E-state index in [4.69, 9.17) is 0 Å². The van der Waals surface area contributed by atoms with Gasteiger partial charge in [-0.3, -0.25) is 4.79 Å². The van der Waals surface area contributed by atoms with Gasteiger partial charge in [-0.2, -0.15) is 0 Å². The summed E-state index contributed by atoms with van der Waals surface area (Å²) in [5.41, 5.74) is 2.74. The van der Waals surface area contributed by atoms with Crippen LogP contribution in [0.5, 0.6) is 0 Å². The lowest BCUT2D eigenvalue weighted by Crippen LogP contribution is -2.18. The van der Waals surface area contributed by atoms with Crippen molar-refractivity contribution in [1.29, 1.82) is 0 Å². The molecule has 0 radical (unpaired) electrons. The van der Waals surface area contributed by atoms with E-state index in [-0.39, 0.29) is 5.78 Å². The van der Waals surface area contributed by atoms with Gasteiger partial charge in [-0.1, -0.05) is 44.7 Å². The number of ketones is 1. The molecule has 2 aromatic rings. The lowest BCUT2D eigenvalue weighted by Gasteiger charge is -2.16. The van der Waals surface area contributed by atoms with Crippen LogP contribution in [0.4, 0.5) is 0 Å². The fraction of sp³-hybridized carbons (Fsp3) is 0.474. The molecule has 1 aliphatic rings. The van der Waals surface area contributed by atoms with E-state index in [1.165, 1.54) is 0 Å². The fourth-order valence-corrected chi connectivity index (χ4v) is 3.60. The largest absolute Gasteiger partial charge is 0.480 e. The second-order valence-corrected chi connectivity index (χ2v) is 6.39. The first-order valence-electron chi connectivity index (χ1n) is 8.52. The first-order chi connectivity index (χ1) is 11.1. The van der Waals surface area contributed by atoms with Crippen molar-refractivity contribution in [2.75, 3.05) is 0 Å². The summed E-state index contributed by atoms with van der Waals surface area (Å²) in [6.45, 7) is 2.15. The number of aromatic nitrogens is 1. The van der Waals surface area contributed by atoms with Crippen LogP contribution < -0.4 is 0 Å². The Kier molecular flexibility index (Phi) is 4.51. The van der Waals surface area contributed by atoms with Crippen molar-refractivity contribution >= 4 is 22.7 Å². The molecule has 4 nitrogen and oxygen atoms in total. The van der Waals surface area contributed by atoms with Crippen molar-refractivity contribution in [1.82, 2.24) is 4.57 Å². The maximum absolute atomic E-state index is 12.1. The minimum atomic E-state index is -0.791. The highest BCUT2D eigenvalue weighted by Crippen LogP contribution is 2.34. The number of Topliss-reactive ketones (excluding diaryl/α,β-unsaturated/α-hetero) is 1. The van der Waals surface area contributed by atoms with E-state index in [0.717, 1.165) is 47.7 Å². The molecule has 1 N–H and O–H groups in total. The number of benzene rings is 1. The Bertz CT molecular complexity index is 744. The van der Waals surface area contributed by atoms with Gasteiger partial charge < -0.3 is 9.67 Å². The van der Waals surface area contributed by atoms with Crippen molar-refractivity contribution in [3.05, 3.63) is 35.5 Å². The first-order valence-corrected chi connectivity index (χ1v) is 8.52. The molecule has 0 amide bonds. The summed E-state index contributed by atoms with van der Waals surface area (Å²) in [4.78, 5) is 23.9. The van der Waals surface area contributed by atoms with E-state index in [2.05, 4.69) is 6.92 Å². The number of rotatable bonds is 7. The highest BCUT2D eigenvalue weighted by atomic mass is 16.4. The minimum Gasteiger partial charge on any atom is -0.480 e. The fourth-order valence-electron chi connectivity index (χ4n) is 3.60. The van der Waals surface area contributed by atoms with Crippen LogP contribution in [-0.2, 0) is 11.2 Å². The van der Waals surface area contributed by atoms with Crippen molar-refractivity contribution in [2.45, 2.75) is 57.9 Å². The predicted molar refractivity (Wildman–Crippen MR) is 90.0 cm³/mol. The summed E-state index contributed by atoms with van der Waals surface area (Å²) in [7, 11) is 0. The Morgan fingerprint density at radius 3 is 2.83 bits per heavy atom. The molecule has 0 spiro atoms. The van der Waals surface area contributed by atoms with Crippen LogP contribution in [0.1, 0.15) is 67.4 Å². The van der Waals surface area contributed by atoms with Crippen molar-refractivity contribution in [3.63, 3.8) is 0 Å². The number of aliphatic carboxylic acids is 1. The highest BCUT2D eigenvalue weighted by molar-refractivity contribution is 6.11. The molecule has 1 unspecified atom stereocenters. The van der Waals surface area contributed by atoms with E-state index in [0.29, 0.717) is 19.3 Å². The summed E-state index contributed by atoms with van der Waals surface area (Å²) in [5, 5.41) is 10.6. The molecule has 0 fully saturated rings. The Balaban J connectivity index is 1.98. The molecular weight excluding hydrogens is 290 g/mol. The van der Waals surface area contributed by atoms with E-state index < -0.39 is 12.0 Å². The number of unbranched alkanes of at least 4 members (excludes halogenated alkanes) is 3. The summed E-state index contributed by atoms with van der Waals surface area (Å²) < 4.78 is 1.88. The summed E-state index contributed by atoms with van der Waals surface area (Å²) in [5.74, 6) is -0.628. The van der Waals surface area contributed by atoms with Gasteiger partial charge >= 0.3 is 5.97 Å². The van der Waals surface area contributed by atoms with Crippen molar-refractivity contribution in [2.24, 2.45) is 0 Å². The van der Waals surface area contributed by atoms with Crippen LogP contribution >= 0.6 is 0 Å². The third-order valence-electron chi connectivity index (χ3n) is 4.81. The van der Waals surface area contributed by atoms with Crippen LogP contribution in [0.25, 0.3) is 10.9 Å². The van der Waals surface area contributed by atoms with Gasteiger partial charge in [-0.25, -0.2) is 4.79 Å². The molecule has 122 valence electrons. The molecule has 3 rings (SSSR count). The van der Waals surface area contributed by atoms with Gasteiger partial charge in [0.25, 0.3) is 0 Å². The average molecular weight is 313 g/mol. The number of carboxylic acid groups (broad SMARTS) is 1. The first kappa shape index (κ1) is 15.8. The van der Waals surface area contributed by atoms with Gasteiger partial charge in [-0.15, -0.1) is 0 Å². The molecule has 0 aliphatic heterocycles. The SMILES string of the molecule is CCCCCCC(C(=O)O)n1cc2c3c(cccc31)C(=O)CC2. The standard InChI is InChI=1S/C19H23NO3/c1-2-3-4-5-8-16(19(22)23)20-12-13-10-11-17(21)14-7-6-9-15(20)18(13)14/h6-7,9,12,16H,2-5,8,10-11H2,1H3,(H,22,23). The molecule has 4 heteroatoms. The lowest BCUT2D eigenvalue weighted by atomic mass is 9.92. The van der Waals surface area contributed by atoms with Gasteiger partial charge in [0.1, 0.15) is 6.04 Å². The second kappa shape index (κ2) is 6.57. The van der Waals surface area contributed by atoms with Crippen LogP contribution in [0.3, 0.4) is 0 Å². The molecule has 0 bridgehead atoms. The van der Waals surface area contributed by atoms with Crippen LogP contribution in [0.15, 0.2) is 24.4 Å². The molecule has 1 atom stereocenters. The zero-order valence-electron chi connectivity index (χ0n) is 13.5. The third-order valence-corrected chi connectivity index (χ3v) is 4.81. The van der Waals surface area contributed by atoms with E-state index in [1.807, 2.05) is 29.0 Å². The molecule has 0 saturated carbocycles. The van der Waals surface area contributed by atoms with Gasteiger partial charge in [0.15, 0.2) is 5.78 Å². The Morgan fingerprint density at radius 2 is 2.09 bits per heavy atom. The molecule has 1 aromatic carbocycles. The van der Waals surface area contributed by atoms with Crippen LogP contribution in [0, 0.1) is 0 Å². The Morgan fingerprint density at radius 1 is 1.26 bits per heavy atom. The number of hydrogen-bond donors (Lipinski definition) is 1. The third kappa shape index (κ3) is 2.90. The summed E-state index contributed by atoms with van der Waals surface area (Å²) in [6.07, 6.45) is 8.08. The Labute approximate surface area is 136 Å². The minimum absolute atomic E-state index is 0.163. The van der Waals surface area contributed by atoms with Gasteiger partial charge in [0.05, 0.1) is 0 Å². The molecule has 1 heterocycles. The van der Waals surface area contributed by atoms with Crippen molar-refractivity contribution in [3.8, 4) is 0 Å². The smallest absolute Gasteiger partial charge is 0.326 e. The van der Waals surface area contributed by atoms with E-state index in [9.17, 15) is 14.7 Å². The van der Waals surface area contributed by atoms with Gasteiger partial charge in [0, 0.05) is 29.1 Å². The van der Waals surface area contributed by atoms with Gasteiger partial charge in [-0.05, 0) is 24.5 Å². The monoisotopic (exact) mass is 313 g/mol. The van der Waals surface area contributed by atoms with E-state index >= 15 is 0 Å². The zero-order valence-corrected chi connectivity index (χ0v) is 13.5. The maximum atomic E-state index is 12.1.